The van der Waals surface area contributed by atoms with Gasteiger partial charge in [0.15, 0.2) is 0 Å². The smallest absolute Gasteiger partial charge is 0.408 e. The van der Waals surface area contributed by atoms with E-state index in [1.807, 2.05) is 26.0 Å². The standard InChI is InChI=1S/C22H32ClN3O4/c1-14(2)18(25-21(29)30-22(3,4)5)20(28)26-11-7-10-17(26)19(27)24-13-15-8-6-9-16(23)12-15/h6,8-9,12,14,17-18H,7,10-11,13H2,1-5H3,(H,24,27)(H,25,29)/t17-,18+/m0/s1. The third kappa shape index (κ3) is 6.90. The van der Waals surface area contributed by atoms with Gasteiger partial charge >= 0.3 is 6.09 Å². The predicted molar refractivity (Wildman–Crippen MR) is 116 cm³/mol. The fourth-order valence-electron chi connectivity index (χ4n) is 3.38. The number of amides is 3. The van der Waals surface area contributed by atoms with E-state index in [2.05, 4.69) is 10.6 Å². The van der Waals surface area contributed by atoms with Crippen LogP contribution in [0.1, 0.15) is 53.0 Å². The molecular weight excluding hydrogens is 406 g/mol. The molecule has 0 aromatic heterocycles. The number of halogens is 1. The molecule has 1 aliphatic heterocycles. The highest BCUT2D eigenvalue weighted by atomic mass is 35.5. The molecule has 1 heterocycles. The van der Waals surface area contributed by atoms with E-state index in [0.29, 0.717) is 24.5 Å². The highest BCUT2D eigenvalue weighted by Gasteiger charge is 2.39. The number of benzene rings is 1. The predicted octanol–water partition coefficient (Wildman–Crippen LogP) is 3.50. The highest BCUT2D eigenvalue weighted by Crippen LogP contribution is 2.21. The van der Waals surface area contributed by atoms with Crippen LogP contribution in [0.25, 0.3) is 0 Å². The first-order valence-electron chi connectivity index (χ1n) is 10.3. The van der Waals surface area contributed by atoms with Crippen molar-refractivity contribution in [2.75, 3.05) is 6.54 Å². The number of likely N-dealkylation sites (tertiary alicyclic amines) is 1. The topological polar surface area (TPSA) is 87.7 Å². The largest absolute Gasteiger partial charge is 0.444 e. The average molecular weight is 438 g/mol. The van der Waals surface area contributed by atoms with E-state index in [1.54, 1.807) is 37.8 Å². The van der Waals surface area contributed by atoms with Gasteiger partial charge in [0.1, 0.15) is 17.7 Å². The van der Waals surface area contributed by atoms with Crippen molar-refractivity contribution in [3.8, 4) is 0 Å². The maximum Gasteiger partial charge on any atom is 0.408 e. The number of hydrogen-bond donors (Lipinski definition) is 2. The van der Waals surface area contributed by atoms with Crippen LogP contribution in [0.5, 0.6) is 0 Å². The lowest BCUT2D eigenvalue weighted by molar-refractivity contribution is -0.140. The first-order chi connectivity index (χ1) is 14.0. The van der Waals surface area contributed by atoms with E-state index in [9.17, 15) is 14.4 Å². The van der Waals surface area contributed by atoms with Crippen LogP contribution in [0, 0.1) is 5.92 Å². The first kappa shape index (κ1) is 24.0. The summed E-state index contributed by atoms with van der Waals surface area (Å²) < 4.78 is 5.29. The van der Waals surface area contributed by atoms with E-state index in [-0.39, 0.29) is 17.7 Å². The van der Waals surface area contributed by atoms with Crippen molar-refractivity contribution in [2.45, 2.75) is 71.7 Å². The van der Waals surface area contributed by atoms with Crippen molar-refractivity contribution in [3.05, 3.63) is 34.9 Å². The second kappa shape index (κ2) is 10.2. The summed E-state index contributed by atoms with van der Waals surface area (Å²) in [6.45, 7) is 9.81. The number of carbonyl (C=O) groups excluding carboxylic acids is 3. The van der Waals surface area contributed by atoms with Crippen LogP contribution in [-0.2, 0) is 20.9 Å². The van der Waals surface area contributed by atoms with Gasteiger partial charge < -0.3 is 20.3 Å². The van der Waals surface area contributed by atoms with Crippen molar-refractivity contribution in [2.24, 2.45) is 5.92 Å². The molecule has 1 aromatic carbocycles. The van der Waals surface area contributed by atoms with Gasteiger partial charge in [-0.1, -0.05) is 37.6 Å². The molecule has 2 rings (SSSR count). The first-order valence-corrected chi connectivity index (χ1v) is 10.7. The number of nitrogens with zero attached hydrogens (tertiary/aromatic N) is 1. The lowest BCUT2D eigenvalue weighted by atomic mass is 10.0. The normalized spacial score (nSPS) is 17.6. The van der Waals surface area contributed by atoms with Gasteiger partial charge in [-0.3, -0.25) is 9.59 Å². The van der Waals surface area contributed by atoms with E-state index in [1.165, 1.54) is 0 Å². The van der Waals surface area contributed by atoms with Gasteiger partial charge in [-0.05, 0) is 57.2 Å². The molecule has 2 atom stereocenters. The minimum atomic E-state index is -0.763. The fourth-order valence-corrected chi connectivity index (χ4v) is 3.60. The number of hydrogen-bond acceptors (Lipinski definition) is 4. The second-order valence-corrected chi connectivity index (χ2v) is 9.34. The van der Waals surface area contributed by atoms with Gasteiger partial charge in [0.05, 0.1) is 0 Å². The van der Waals surface area contributed by atoms with Gasteiger partial charge in [0.2, 0.25) is 11.8 Å². The molecule has 0 radical (unpaired) electrons. The van der Waals surface area contributed by atoms with Gasteiger partial charge in [-0.15, -0.1) is 0 Å². The minimum Gasteiger partial charge on any atom is -0.444 e. The maximum atomic E-state index is 13.2. The molecule has 0 aliphatic carbocycles. The van der Waals surface area contributed by atoms with E-state index in [0.717, 1.165) is 12.0 Å². The van der Waals surface area contributed by atoms with Gasteiger partial charge in [-0.25, -0.2) is 4.79 Å². The molecular formula is C22H32ClN3O4. The summed E-state index contributed by atoms with van der Waals surface area (Å²) in [5, 5.41) is 6.17. The highest BCUT2D eigenvalue weighted by molar-refractivity contribution is 6.30. The van der Waals surface area contributed by atoms with Crippen LogP contribution in [-0.4, -0.2) is 47.0 Å². The monoisotopic (exact) mass is 437 g/mol. The molecule has 1 fully saturated rings. The molecule has 1 aliphatic rings. The molecule has 0 unspecified atom stereocenters. The zero-order chi connectivity index (χ0) is 22.5. The molecule has 0 spiro atoms. The Labute approximate surface area is 183 Å². The molecule has 7 nitrogen and oxygen atoms in total. The van der Waals surface area contributed by atoms with Crippen LogP contribution < -0.4 is 10.6 Å². The molecule has 1 aromatic rings. The molecule has 30 heavy (non-hydrogen) atoms. The third-order valence-electron chi connectivity index (χ3n) is 4.80. The third-order valence-corrected chi connectivity index (χ3v) is 5.03. The number of carbonyl (C=O) groups is 3. The Morgan fingerprint density at radius 3 is 2.57 bits per heavy atom. The fraction of sp³-hybridized carbons (Fsp3) is 0.591. The molecule has 0 bridgehead atoms. The second-order valence-electron chi connectivity index (χ2n) is 8.91. The zero-order valence-electron chi connectivity index (χ0n) is 18.3. The SMILES string of the molecule is CC(C)[C@@H](NC(=O)OC(C)(C)C)C(=O)N1CCC[C@H]1C(=O)NCc1cccc(Cl)c1. The number of alkyl carbamates (subject to hydrolysis) is 1. The quantitative estimate of drug-likeness (QED) is 0.713. The molecule has 2 N–H and O–H groups in total. The van der Waals surface area contributed by atoms with Crippen molar-refractivity contribution in [3.63, 3.8) is 0 Å². The summed E-state index contributed by atoms with van der Waals surface area (Å²) in [6, 6.07) is 5.95. The van der Waals surface area contributed by atoms with Crippen molar-refractivity contribution in [1.82, 2.24) is 15.5 Å². The summed E-state index contributed by atoms with van der Waals surface area (Å²) in [5.74, 6) is -0.627. The van der Waals surface area contributed by atoms with E-state index >= 15 is 0 Å². The molecule has 3 amide bonds. The molecule has 1 saturated heterocycles. The van der Waals surface area contributed by atoms with Gasteiger partial charge in [0.25, 0.3) is 0 Å². The minimum absolute atomic E-state index is 0.152. The zero-order valence-corrected chi connectivity index (χ0v) is 19.1. The molecule has 8 heteroatoms. The Balaban J connectivity index is 2.02. The Morgan fingerprint density at radius 1 is 1.27 bits per heavy atom. The Kier molecular flexibility index (Phi) is 8.12. The van der Waals surface area contributed by atoms with Crippen LogP contribution in [0.2, 0.25) is 5.02 Å². The number of nitrogens with one attached hydrogen (secondary N) is 2. The van der Waals surface area contributed by atoms with Crippen molar-refractivity contribution < 1.29 is 19.1 Å². The van der Waals surface area contributed by atoms with Gasteiger partial charge in [-0.2, -0.15) is 0 Å². The summed E-state index contributed by atoms with van der Waals surface area (Å²) in [5.41, 5.74) is 0.226. The Hall–Kier alpha value is -2.28. The summed E-state index contributed by atoms with van der Waals surface area (Å²) in [6.07, 6.45) is 0.679. The van der Waals surface area contributed by atoms with Gasteiger partial charge in [0, 0.05) is 18.1 Å². The Morgan fingerprint density at radius 2 is 1.97 bits per heavy atom. The maximum absolute atomic E-state index is 13.2. The number of rotatable bonds is 6. The molecule has 166 valence electrons. The van der Waals surface area contributed by atoms with Crippen molar-refractivity contribution >= 4 is 29.5 Å². The van der Waals surface area contributed by atoms with Crippen LogP contribution in [0.15, 0.2) is 24.3 Å². The number of ether oxygens (including phenoxy) is 1. The summed E-state index contributed by atoms with van der Waals surface area (Å²) >= 11 is 5.99. The van der Waals surface area contributed by atoms with E-state index in [4.69, 9.17) is 16.3 Å². The summed E-state index contributed by atoms with van der Waals surface area (Å²) in [7, 11) is 0. The summed E-state index contributed by atoms with van der Waals surface area (Å²) in [4.78, 5) is 39.7. The lowest BCUT2D eigenvalue weighted by Crippen LogP contribution is -2.55. The van der Waals surface area contributed by atoms with E-state index < -0.39 is 23.8 Å². The van der Waals surface area contributed by atoms with Crippen LogP contribution >= 0.6 is 11.6 Å². The van der Waals surface area contributed by atoms with Crippen LogP contribution in [0.3, 0.4) is 0 Å². The Bertz CT molecular complexity index is 776. The molecule has 0 saturated carbocycles. The average Bonchev–Trinajstić information content (AvgIpc) is 3.12. The van der Waals surface area contributed by atoms with Crippen LogP contribution in [0.4, 0.5) is 4.79 Å². The lowest BCUT2D eigenvalue weighted by Gasteiger charge is -2.31. The van der Waals surface area contributed by atoms with Crippen molar-refractivity contribution in [1.29, 1.82) is 0 Å².